The fraction of sp³-hybridized carbons (Fsp3) is 0.391. The van der Waals surface area contributed by atoms with Crippen LogP contribution < -0.4 is 10.1 Å². The Bertz CT molecular complexity index is 812. The fourth-order valence-corrected chi connectivity index (χ4v) is 3.70. The maximum atomic E-state index is 13.0. The van der Waals surface area contributed by atoms with Crippen molar-refractivity contribution in [3.8, 4) is 5.75 Å². The van der Waals surface area contributed by atoms with E-state index in [2.05, 4.69) is 5.32 Å². The van der Waals surface area contributed by atoms with Crippen LogP contribution in [0.4, 0.5) is 4.39 Å². The third-order valence-corrected chi connectivity index (χ3v) is 5.62. The molecule has 0 saturated carbocycles. The highest BCUT2D eigenvalue weighted by molar-refractivity contribution is 7.99. The second-order valence-electron chi connectivity index (χ2n) is 6.96. The van der Waals surface area contributed by atoms with E-state index >= 15 is 0 Å². The summed E-state index contributed by atoms with van der Waals surface area (Å²) in [5.74, 6) is 1.01. The fourth-order valence-electron chi connectivity index (χ4n) is 2.83. The predicted molar refractivity (Wildman–Crippen MR) is 119 cm³/mol. The Hall–Kier alpha value is -2.54. The zero-order valence-electron chi connectivity index (χ0n) is 17.7. The molecular formula is C23H29FN2O3S. The molecule has 7 heteroatoms. The molecule has 0 radical (unpaired) electrons. The molecule has 0 aromatic heterocycles. The minimum atomic E-state index is -0.586. The van der Waals surface area contributed by atoms with Crippen LogP contribution in [-0.2, 0) is 21.9 Å². The van der Waals surface area contributed by atoms with Crippen LogP contribution in [-0.4, -0.2) is 42.2 Å². The summed E-state index contributed by atoms with van der Waals surface area (Å²) in [7, 11) is 1.60. The number of nitrogens with one attached hydrogen (secondary N) is 1. The van der Waals surface area contributed by atoms with Crippen molar-refractivity contribution in [1.29, 1.82) is 0 Å². The summed E-state index contributed by atoms with van der Waals surface area (Å²) in [5, 5.41) is 2.86. The highest BCUT2D eigenvalue weighted by atomic mass is 32.2. The van der Waals surface area contributed by atoms with Crippen molar-refractivity contribution in [3.05, 3.63) is 65.5 Å². The Balaban J connectivity index is 2.04. The van der Waals surface area contributed by atoms with Gasteiger partial charge in [-0.3, -0.25) is 9.59 Å². The lowest BCUT2D eigenvalue weighted by atomic mass is 10.1. The van der Waals surface area contributed by atoms with E-state index in [1.54, 1.807) is 31.1 Å². The number of methoxy groups -OCH3 is 1. The second-order valence-corrected chi connectivity index (χ2v) is 7.94. The van der Waals surface area contributed by atoms with Gasteiger partial charge in [-0.1, -0.05) is 31.2 Å². The second kappa shape index (κ2) is 12.2. The van der Waals surface area contributed by atoms with Gasteiger partial charge in [-0.15, -0.1) is 11.8 Å². The van der Waals surface area contributed by atoms with Crippen LogP contribution in [0.15, 0.2) is 48.5 Å². The maximum absolute atomic E-state index is 13.0. The number of nitrogens with zero attached hydrogens (tertiary/aromatic N) is 1. The standard InChI is InChI=1S/C23H29FN2O3S/c1-4-13-25-23(28)17(2)26(14-18-7-11-21(29-3)12-8-18)22(27)16-30-15-19-5-9-20(24)10-6-19/h5-12,17H,4,13-16H2,1-3H3,(H,25,28). The van der Waals surface area contributed by atoms with E-state index in [-0.39, 0.29) is 23.4 Å². The molecular weight excluding hydrogens is 403 g/mol. The van der Waals surface area contributed by atoms with Gasteiger partial charge in [0, 0.05) is 18.8 Å². The molecule has 0 spiro atoms. The first-order valence-electron chi connectivity index (χ1n) is 9.97. The van der Waals surface area contributed by atoms with Crippen molar-refractivity contribution >= 4 is 23.6 Å². The number of ether oxygens (including phenoxy) is 1. The van der Waals surface area contributed by atoms with E-state index in [0.29, 0.717) is 18.8 Å². The minimum Gasteiger partial charge on any atom is -0.497 e. The van der Waals surface area contributed by atoms with Crippen LogP contribution >= 0.6 is 11.8 Å². The summed E-state index contributed by atoms with van der Waals surface area (Å²) in [4.78, 5) is 27.1. The zero-order valence-corrected chi connectivity index (χ0v) is 18.5. The van der Waals surface area contributed by atoms with Crippen molar-refractivity contribution in [2.24, 2.45) is 0 Å². The minimum absolute atomic E-state index is 0.114. The van der Waals surface area contributed by atoms with E-state index in [0.717, 1.165) is 23.3 Å². The molecule has 1 N–H and O–H groups in total. The van der Waals surface area contributed by atoms with Gasteiger partial charge in [0.15, 0.2) is 0 Å². The number of halogens is 1. The monoisotopic (exact) mass is 432 g/mol. The number of amides is 2. The van der Waals surface area contributed by atoms with E-state index in [4.69, 9.17) is 4.74 Å². The molecule has 0 bridgehead atoms. The largest absolute Gasteiger partial charge is 0.497 e. The third-order valence-electron chi connectivity index (χ3n) is 4.64. The van der Waals surface area contributed by atoms with Crippen LogP contribution in [0.3, 0.4) is 0 Å². The molecule has 2 aromatic rings. The highest BCUT2D eigenvalue weighted by Gasteiger charge is 2.25. The highest BCUT2D eigenvalue weighted by Crippen LogP contribution is 2.18. The SMILES string of the molecule is CCCNC(=O)C(C)N(Cc1ccc(OC)cc1)C(=O)CSCc1ccc(F)cc1. The Morgan fingerprint density at radius 3 is 2.33 bits per heavy atom. The maximum Gasteiger partial charge on any atom is 0.242 e. The first-order valence-corrected chi connectivity index (χ1v) is 11.1. The topological polar surface area (TPSA) is 58.6 Å². The van der Waals surface area contributed by atoms with Crippen LogP contribution in [0.2, 0.25) is 0 Å². The Morgan fingerprint density at radius 2 is 1.73 bits per heavy atom. The lowest BCUT2D eigenvalue weighted by Crippen LogP contribution is -2.48. The van der Waals surface area contributed by atoms with Gasteiger partial charge in [-0.05, 0) is 48.7 Å². The van der Waals surface area contributed by atoms with Crippen LogP contribution in [0.5, 0.6) is 5.75 Å². The Labute approximate surface area is 182 Å². The van der Waals surface area contributed by atoms with Gasteiger partial charge in [0.1, 0.15) is 17.6 Å². The molecule has 1 atom stereocenters. The van der Waals surface area contributed by atoms with Crippen LogP contribution in [0.1, 0.15) is 31.4 Å². The Morgan fingerprint density at radius 1 is 1.10 bits per heavy atom. The number of hydrogen-bond donors (Lipinski definition) is 1. The molecule has 0 saturated heterocycles. The normalized spacial score (nSPS) is 11.6. The molecule has 0 aliphatic heterocycles. The quantitative estimate of drug-likeness (QED) is 0.583. The molecule has 0 heterocycles. The van der Waals surface area contributed by atoms with Crippen molar-refractivity contribution in [2.45, 2.75) is 38.6 Å². The van der Waals surface area contributed by atoms with E-state index in [9.17, 15) is 14.0 Å². The number of carbonyl (C=O) groups excluding carboxylic acids is 2. The van der Waals surface area contributed by atoms with E-state index in [1.807, 2.05) is 31.2 Å². The average Bonchev–Trinajstić information content (AvgIpc) is 2.77. The molecule has 30 heavy (non-hydrogen) atoms. The summed E-state index contributed by atoms with van der Waals surface area (Å²) in [6, 6.07) is 13.1. The van der Waals surface area contributed by atoms with Crippen LogP contribution in [0.25, 0.3) is 0 Å². The van der Waals surface area contributed by atoms with Crippen molar-refractivity contribution in [3.63, 3.8) is 0 Å². The average molecular weight is 433 g/mol. The summed E-state index contributed by atoms with van der Waals surface area (Å²) in [5.41, 5.74) is 1.87. The molecule has 2 aromatic carbocycles. The Kier molecular flexibility index (Phi) is 9.67. The van der Waals surface area contributed by atoms with E-state index in [1.165, 1.54) is 23.9 Å². The van der Waals surface area contributed by atoms with Crippen LogP contribution in [0, 0.1) is 5.82 Å². The molecule has 5 nitrogen and oxygen atoms in total. The number of thioether (sulfide) groups is 1. The van der Waals surface area contributed by atoms with Gasteiger partial charge >= 0.3 is 0 Å². The summed E-state index contributed by atoms with van der Waals surface area (Å²) < 4.78 is 18.2. The van der Waals surface area contributed by atoms with Gasteiger partial charge in [-0.2, -0.15) is 0 Å². The molecule has 2 amide bonds. The summed E-state index contributed by atoms with van der Waals surface area (Å²) in [6.07, 6.45) is 0.832. The van der Waals surface area contributed by atoms with Crippen molar-refractivity contribution in [2.75, 3.05) is 19.4 Å². The number of hydrogen-bond acceptors (Lipinski definition) is 4. The zero-order chi connectivity index (χ0) is 21.9. The predicted octanol–water partition coefficient (Wildman–Crippen LogP) is 4.01. The summed E-state index contributed by atoms with van der Waals surface area (Å²) in [6.45, 7) is 4.64. The first kappa shape index (κ1) is 23.7. The van der Waals surface area contributed by atoms with E-state index < -0.39 is 6.04 Å². The molecule has 2 rings (SSSR count). The van der Waals surface area contributed by atoms with Gasteiger partial charge < -0.3 is 15.0 Å². The smallest absolute Gasteiger partial charge is 0.242 e. The first-order chi connectivity index (χ1) is 14.4. The molecule has 1 unspecified atom stereocenters. The van der Waals surface area contributed by atoms with Gasteiger partial charge in [0.2, 0.25) is 11.8 Å². The van der Waals surface area contributed by atoms with Gasteiger partial charge in [0.05, 0.1) is 12.9 Å². The van der Waals surface area contributed by atoms with Crippen molar-refractivity contribution in [1.82, 2.24) is 10.2 Å². The number of carbonyl (C=O) groups is 2. The number of rotatable bonds is 11. The lowest BCUT2D eigenvalue weighted by molar-refractivity contribution is -0.138. The third kappa shape index (κ3) is 7.37. The molecule has 162 valence electrons. The molecule has 0 aliphatic carbocycles. The lowest BCUT2D eigenvalue weighted by Gasteiger charge is -2.28. The number of benzene rings is 2. The summed E-state index contributed by atoms with van der Waals surface area (Å²) >= 11 is 1.45. The molecule has 0 fully saturated rings. The van der Waals surface area contributed by atoms with Crippen molar-refractivity contribution < 1.29 is 18.7 Å². The van der Waals surface area contributed by atoms with Gasteiger partial charge in [-0.25, -0.2) is 4.39 Å². The van der Waals surface area contributed by atoms with Gasteiger partial charge in [0.25, 0.3) is 0 Å². The molecule has 0 aliphatic rings.